The molecular weight excluding hydrogens is 414 g/mol. The van der Waals surface area contributed by atoms with Gasteiger partial charge in [0.1, 0.15) is 17.4 Å². The summed E-state index contributed by atoms with van der Waals surface area (Å²) >= 11 is 0. The molecule has 4 aromatic rings. The number of ether oxygens (including phenoxy) is 1. The summed E-state index contributed by atoms with van der Waals surface area (Å²) in [4.78, 5) is 13.2. The monoisotopic (exact) mass is 439 g/mol. The standard InChI is InChI=1S/C25H25N7O/c1-15-6-22(23(13-27-15)33-14-19-8-18(9-19)12-26)20-4-5-32-21(10-20)11-25(31-32)30-24-7-16(2)28-17(3)29-24/h4-7,10-11,13,18-19H,8-9,14H2,1-3H3,(H,28,29,30,31). The van der Waals surface area contributed by atoms with Crippen LogP contribution in [-0.2, 0) is 0 Å². The molecule has 1 aliphatic carbocycles. The van der Waals surface area contributed by atoms with Crippen LogP contribution in [0.1, 0.15) is 30.1 Å². The summed E-state index contributed by atoms with van der Waals surface area (Å²) in [6.07, 6.45) is 5.55. The average molecular weight is 440 g/mol. The van der Waals surface area contributed by atoms with Crippen LogP contribution in [0.4, 0.5) is 11.6 Å². The van der Waals surface area contributed by atoms with Gasteiger partial charge in [-0.2, -0.15) is 10.4 Å². The molecule has 1 aliphatic rings. The molecule has 0 bridgehead atoms. The van der Waals surface area contributed by atoms with Gasteiger partial charge in [-0.1, -0.05) is 0 Å². The Bertz CT molecular complexity index is 1340. The molecule has 0 unspecified atom stereocenters. The number of aryl methyl sites for hydroxylation is 3. The zero-order chi connectivity index (χ0) is 22.9. The van der Waals surface area contributed by atoms with Crippen LogP contribution in [0.15, 0.2) is 42.7 Å². The highest BCUT2D eigenvalue weighted by Crippen LogP contribution is 2.36. The summed E-state index contributed by atoms with van der Waals surface area (Å²) < 4.78 is 7.97. The van der Waals surface area contributed by atoms with E-state index < -0.39 is 0 Å². The molecule has 0 saturated heterocycles. The van der Waals surface area contributed by atoms with Gasteiger partial charge in [0.05, 0.1) is 24.4 Å². The lowest BCUT2D eigenvalue weighted by atomic mass is 9.76. The van der Waals surface area contributed by atoms with Gasteiger partial charge in [-0.3, -0.25) is 4.98 Å². The molecule has 4 aromatic heterocycles. The summed E-state index contributed by atoms with van der Waals surface area (Å²) in [7, 11) is 0. The fourth-order valence-corrected chi connectivity index (χ4v) is 4.21. The van der Waals surface area contributed by atoms with E-state index in [9.17, 15) is 0 Å². The fourth-order valence-electron chi connectivity index (χ4n) is 4.21. The molecule has 33 heavy (non-hydrogen) atoms. The first kappa shape index (κ1) is 20.9. The van der Waals surface area contributed by atoms with Crippen molar-refractivity contribution in [1.29, 1.82) is 5.26 Å². The smallest absolute Gasteiger partial charge is 0.154 e. The molecule has 0 atom stereocenters. The van der Waals surface area contributed by atoms with Crippen LogP contribution < -0.4 is 10.1 Å². The fraction of sp³-hybridized carbons (Fsp3) is 0.320. The lowest BCUT2D eigenvalue weighted by Gasteiger charge is -2.30. The molecular formula is C25H25N7O. The number of nitrogens with zero attached hydrogens (tertiary/aromatic N) is 6. The Morgan fingerprint density at radius 1 is 1.09 bits per heavy atom. The van der Waals surface area contributed by atoms with Crippen molar-refractivity contribution in [1.82, 2.24) is 24.6 Å². The molecule has 0 spiro atoms. The topological polar surface area (TPSA) is 101 Å². The van der Waals surface area contributed by atoms with Crippen molar-refractivity contribution < 1.29 is 4.74 Å². The van der Waals surface area contributed by atoms with Crippen LogP contribution in [0.3, 0.4) is 0 Å². The molecule has 1 N–H and O–H groups in total. The van der Waals surface area contributed by atoms with Crippen molar-refractivity contribution in [3.8, 4) is 22.9 Å². The highest BCUT2D eigenvalue weighted by molar-refractivity contribution is 5.75. The quantitative estimate of drug-likeness (QED) is 0.461. The number of nitrogens with one attached hydrogen (secondary N) is 1. The van der Waals surface area contributed by atoms with E-state index in [1.807, 2.05) is 55.7 Å². The van der Waals surface area contributed by atoms with Crippen molar-refractivity contribution in [3.05, 3.63) is 59.9 Å². The highest BCUT2D eigenvalue weighted by Gasteiger charge is 2.29. The number of hydrogen-bond acceptors (Lipinski definition) is 7. The van der Waals surface area contributed by atoms with E-state index in [2.05, 4.69) is 37.5 Å². The Morgan fingerprint density at radius 3 is 2.73 bits per heavy atom. The number of pyridine rings is 2. The predicted molar refractivity (Wildman–Crippen MR) is 125 cm³/mol. The van der Waals surface area contributed by atoms with Crippen molar-refractivity contribution in [2.45, 2.75) is 33.6 Å². The summed E-state index contributed by atoms with van der Waals surface area (Å²) in [5.41, 5.74) is 4.82. The van der Waals surface area contributed by atoms with Crippen LogP contribution >= 0.6 is 0 Å². The van der Waals surface area contributed by atoms with E-state index in [4.69, 9.17) is 10.00 Å². The molecule has 5 rings (SSSR count). The minimum Gasteiger partial charge on any atom is -0.491 e. The number of hydrogen-bond donors (Lipinski definition) is 1. The molecule has 0 amide bonds. The third kappa shape index (κ3) is 4.48. The Hall–Kier alpha value is -3.99. The van der Waals surface area contributed by atoms with Crippen LogP contribution in [-0.4, -0.2) is 31.2 Å². The van der Waals surface area contributed by atoms with E-state index in [1.54, 1.807) is 6.20 Å². The van der Waals surface area contributed by atoms with E-state index in [0.29, 0.717) is 24.2 Å². The number of fused-ring (bicyclic) bond motifs is 1. The Labute approximate surface area is 192 Å². The van der Waals surface area contributed by atoms with Crippen molar-refractivity contribution in [2.24, 2.45) is 11.8 Å². The first-order valence-corrected chi connectivity index (χ1v) is 11.0. The molecule has 8 nitrogen and oxygen atoms in total. The highest BCUT2D eigenvalue weighted by atomic mass is 16.5. The van der Waals surface area contributed by atoms with E-state index in [0.717, 1.165) is 52.4 Å². The number of aromatic nitrogens is 5. The van der Waals surface area contributed by atoms with E-state index >= 15 is 0 Å². The van der Waals surface area contributed by atoms with Crippen LogP contribution in [0.2, 0.25) is 0 Å². The third-order valence-corrected chi connectivity index (χ3v) is 5.89. The van der Waals surface area contributed by atoms with Crippen molar-refractivity contribution in [3.63, 3.8) is 0 Å². The minimum absolute atomic E-state index is 0.177. The number of rotatable bonds is 6. The summed E-state index contributed by atoms with van der Waals surface area (Å²) in [6.45, 7) is 6.40. The Kier molecular flexibility index (Phi) is 5.38. The van der Waals surface area contributed by atoms with Gasteiger partial charge < -0.3 is 10.1 Å². The normalized spacial score (nSPS) is 17.4. The van der Waals surface area contributed by atoms with Crippen molar-refractivity contribution in [2.75, 3.05) is 11.9 Å². The van der Waals surface area contributed by atoms with Gasteiger partial charge in [-0.15, -0.1) is 0 Å². The Balaban J connectivity index is 1.39. The number of nitriles is 1. The number of anilines is 2. The molecule has 0 aliphatic heterocycles. The maximum atomic E-state index is 8.99. The third-order valence-electron chi connectivity index (χ3n) is 5.89. The molecule has 1 saturated carbocycles. The predicted octanol–water partition coefficient (Wildman–Crippen LogP) is 4.78. The lowest BCUT2D eigenvalue weighted by Crippen LogP contribution is -2.27. The molecule has 4 heterocycles. The van der Waals surface area contributed by atoms with Gasteiger partial charge in [0.15, 0.2) is 5.82 Å². The molecule has 166 valence electrons. The second-order valence-corrected chi connectivity index (χ2v) is 8.68. The van der Waals surface area contributed by atoms with E-state index in [-0.39, 0.29) is 5.92 Å². The second kappa shape index (κ2) is 8.51. The largest absolute Gasteiger partial charge is 0.491 e. The van der Waals surface area contributed by atoms with Gasteiger partial charge in [-0.05, 0) is 63.3 Å². The Morgan fingerprint density at radius 2 is 1.94 bits per heavy atom. The zero-order valence-electron chi connectivity index (χ0n) is 18.9. The van der Waals surface area contributed by atoms with Crippen LogP contribution in [0, 0.1) is 43.9 Å². The van der Waals surface area contributed by atoms with Gasteiger partial charge in [0.2, 0.25) is 0 Å². The van der Waals surface area contributed by atoms with E-state index in [1.165, 1.54) is 0 Å². The lowest BCUT2D eigenvalue weighted by molar-refractivity contribution is 0.148. The van der Waals surface area contributed by atoms with Gasteiger partial charge in [0, 0.05) is 41.2 Å². The average Bonchev–Trinajstić information content (AvgIpc) is 3.14. The van der Waals surface area contributed by atoms with Crippen LogP contribution in [0.5, 0.6) is 5.75 Å². The van der Waals surface area contributed by atoms with Gasteiger partial charge in [-0.25, -0.2) is 14.5 Å². The molecule has 8 heteroatoms. The summed E-state index contributed by atoms with van der Waals surface area (Å²) in [5.74, 6) is 3.52. The second-order valence-electron chi connectivity index (χ2n) is 8.68. The summed E-state index contributed by atoms with van der Waals surface area (Å²) in [5, 5.41) is 16.9. The maximum Gasteiger partial charge on any atom is 0.154 e. The van der Waals surface area contributed by atoms with Crippen molar-refractivity contribution >= 4 is 17.2 Å². The zero-order valence-corrected chi connectivity index (χ0v) is 18.9. The first-order valence-electron chi connectivity index (χ1n) is 11.0. The minimum atomic E-state index is 0.177. The van der Waals surface area contributed by atoms with Gasteiger partial charge in [0.25, 0.3) is 0 Å². The summed E-state index contributed by atoms with van der Waals surface area (Å²) in [6, 6.07) is 12.4. The molecule has 0 aromatic carbocycles. The molecule has 0 radical (unpaired) electrons. The van der Waals surface area contributed by atoms with Crippen LogP contribution in [0.25, 0.3) is 16.6 Å². The SMILES string of the molecule is Cc1cc(-c2ccn3nc(Nc4cc(C)nc(C)n4)cc3c2)c(OCC2CC(C#N)C2)cn1. The maximum absolute atomic E-state index is 8.99. The first-order chi connectivity index (χ1) is 16.0. The molecule has 1 fully saturated rings. The van der Waals surface area contributed by atoms with Gasteiger partial charge >= 0.3 is 0 Å².